The highest BCUT2D eigenvalue weighted by Crippen LogP contribution is 2.26. The maximum Gasteiger partial charge on any atom is 0.234 e. The molecule has 0 aliphatic carbocycles. The van der Waals surface area contributed by atoms with Gasteiger partial charge >= 0.3 is 0 Å². The highest BCUT2D eigenvalue weighted by Gasteiger charge is 2.32. The van der Waals surface area contributed by atoms with Gasteiger partial charge in [0.05, 0.1) is 6.07 Å². The van der Waals surface area contributed by atoms with Gasteiger partial charge < -0.3 is 0 Å². The van der Waals surface area contributed by atoms with Crippen LogP contribution in [0, 0.1) is 11.3 Å². The third kappa shape index (κ3) is 11.2. The van der Waals surface area contributed by atoms with E-state index in [0.29, 0.717) is 18.7 Å². The second-order valence-corrected chi connectivity index (χ2v) is 10.6. The van der Waals surface area contributed by atoms with Crippen molar-refractivity contribution in [2.75, 3.05) is 13.1 Å². The number of unbranched alkanes of at least 4 members (excludes halogenated alkanes) is 12. The molecule has 1 rings (SSSR count). The molecule has 0 saturated carbocycles. The van der Waals surface area contributed by atoms with Gasteiger partial charge in [0.2, 0.25) is 10.0 Å². The number of rotatable bonds is 19. The largest absolute Gasteiger partial charge is 0.234 e. The second-order valence-electron chi connectivity index (χ2n) is 8.61. The third-order valence-electron chi connectivity index (χ3n) is 5.90. The molecule has 0 spiro atoms. The van der Waals surface area contributed by atoms with Crippen LogP contribution in [0.3, 0.4) is 0 Å². The molecular formula is C26H44N2O2S. The molecule has 0 amide bonds. The van der Waals surface area contributed by atoms with E-state index < -0.39 is 15.3 Å². The van der Waals surface area contributed by atoms with Crippen LogP contribution in [0.25, 0.3) is 0 Å². The van der Waals surface area contributed by atoms with Gasteiger partial charge in [-0.15, -0.1) is 0 Å². The van der Waals surface area contributed by atoms with Crippen molar-refractivity contribution in [1.29, 1.82) is 5.26 Å². The molecule has 0 fully saturated rings. The van der Waals surface area contributed by atoms with Crippen molar-refractivity contribution in [3.05, 3.63) is 35.9 Å². The molecule has 1 aromatic rings. The molecule has 176 valence electrons. The van der Waals surface area contributed by atoms with Gasteiger partial charge in [-0.3, -0.25) is 0 Å². The smallest absolute Gasteiger partial charge is 0.210 e. The van der Waals surface area contributed by atoms with Gasteiger partial charge in [0.1, 0.15) is 0 Å². The number of nitrogens with zero attached hydrogens (tertiary/aromatic N) is 2. The Morgan fingerprint density at radius 1 is 0.742 bits per heavy atom. The highest BCUT2D eigenvalue weighted by atomic mass is 32.2. The number of nitriles is 1. The van der Waals surface area contributed by atoms with Crippen LogP contribution in [0.1, 0.15) is 115 Å². The van der Waals surface area contributed by atoms with Gasteiger partial charge in [0.25, 0.3) is 0 Å². The van der Waals surface area contributed by atoms with E-state index in [9.17, 15) is 13.7 Å². The molecule has 4 nitrogen and oxygen atoms in total. The predicted octanol–water partition coefficient (Wildman–Crippen LogP) is 7.38. The summed E-state index contributed by atoms with van der Waals surface area (Å²) in [6.07, 6.45) is 16.2. The SMILES string of the molecule is CCCCCCCCCN(CCCCCCCCC)S(=O)(=O)C(C#N)c1ccccc1. The van der Waals surface area contributed by atoms with Crippen molar-refractivity contribution in [3.8, 4) is 6.07 Å². The Morgan fingerprint density at radius 2 is 1.16 bits per heavy atom. The van der Waals surface area contributed by atoms with Gasteiger partial charge in [-0.25, -0.2) is 12.7 Å². The van der Waals surface area contributed by atoms with E-state index >= 15 is 0 Å². The van der Waals surface area contributed by atoms with Crippen molar-refractivity contribution in [2.24, 2.45) is 0 Å². The molecule has 1 aromatic carbocycles. The van der Waals surface area contributed by atoms with Crippen LogP contribution < -0.4 is 0 Å². The summed E-state index contributed by atoms with van der Waals surface area (Å²) >= 11 is 0. The molecule has 0 saturated heterocycles. The molecule has 0 aliphatic heterocycles. The number of sulfonamides is 1. The van der Waals surface area contributed by atoms with Gasteiger partial charge in [-0.1, -0.05) is 121 Å². The maximum absolute atomic E-state index is 13.4. The summed E-state index contributed by atoms with van der Waals surface area (Å²) < 4.78 is 28.4. The topological polar surface area (TPSA) is 61.2 Å². The lowest BCUT2D eigenvalue weighted by Gasteiger charge is -2.25. The maximum atomic E-state index is 13.4. The monoisotopic (exact) mass is 448 g/mol. The minimum Gasteiger partial charge on any atom is -0.210 e. The first-order valence-electron chi connectivity index (χ1n) is 12.5. The minimum absolute atomic E-state index is 0.525. The van der Waals surface area contributed by atoms with E-state index in [4.69, 9.17) is 0 Å². The fourth-order valence-electron chi connectivity index (χ4n) is 3.95. The fraction of sp³-hybridized carbons (Fsp3) is 0.731. The zero-order valence-corrected chi connectivity index (χ0v) is 20.7. The van der Waals surface area contributed by atoms with Gasteiger partial charge in [-0.2, -0.15) is 5.26 Å². The van der Waals surface area contributed by atoms with Crippen molar-refractivity contribution in [3.63, 3.8) is 0 Å². The Morgan fingerprint density at radius 3 is 1.58 bits per heavy atom. The summed E-state index contributed by atoms with van der Waals surface area (Å²) in [7, 11) is -3.70. The van der Waals surface area contributed by atoms with E-state index in [0.717, 1.165) is 38.5 Å². The summed E-state index contributed by atoms with van der Waals surface area (Å²) in [6, 6.07) is 11.0. The zero-order chi connectivity index (χ0) is 22.8. The average Bonchev–Trinajstić information content (AvgIpc) is 2.77. The molecular weight excluding hydrogens is 404 g/mol. The molecule has 31 heavy (non-hydrogen) atoms. The molecule has 0 aliphatic rings. The van der Waals surface area contributed by atoms with E-state index in [1.807, 2.05) is 6.07 Å². The van der Waals surface area contributed by atoms with Crippen molar-refractivity contribution in [1.82, 2.24) is 4.31 Å². The Kier molecular flexibility index (Phi) is 15.4. The first-order chi connectivity index (χ1) is 15.1. The molecule has 0 N–H and O–H groups in total. The van der Waals surface area contributed by atoms with Crippen molar-refractivity contribution < 1.29 is 8.42 Å². The Labute approximate surface area is 192 Å². The van der Waals surface area contributed by atoms with Crippen LogP contribution in [0.5, 0.6) is 0 Å². The molecule has 0 radical (unpaired) electrons. The molecule has 0 bridgehead atoms. The van der Waals surface area contributed by atoms with E-state index in [-0.39, 0.29) is 0 Å². The summed E-state index contributed by atoms with van der Waals surface area (Å²) in [5, 5.41) is 8.57. The van der Waals surface area contributed by atoms with Crippen molar-refractivity contribution >= 4 is 10.0 Å². The summed E-state index contributed by atoms with van der Waals surface area (Å²) in [6.45, 7) is 5.48. The number of benzene rings is 1. The van der Waals surface area contributed by atoms with Crippen LogP contribution in [-0.2, 0) is 10.0 Å². The number of hydrogen-bond acceptors (Lipinski definition) is 3. The Hall–Kier alpha value is -1.38. The van der Waals surface area contributed by atoms with Crippen LogP contribution >= 0.6 is 0 Å². The van der Waals surface area contributed by atoms with Crippen LogP contribution in [-0.4, -0.2) is 25.8 Å². The molecule has 5 heteroatoms. The van der Waals surface area contributed by atoms with Crippen LogP contribution in [0.2, 0.25) is 0 Å². The second kappa shape index (κ2) is 17.2. The Balaban J connectivity index is 2.67. The highest BCUT2D eigenvalue weighted by molar-refractivity contribution is 7.89. The van der Waals surface area contributed by atoms with Crippen LogP contribution in [0.4, 0.5) is 0 Å². The average molecular weight is 449 g/mol. The summed E-state index contributed by atoms with van der Waals surface area (Å²) in [5.74, 6) is 0. The first kappa shape index (κ1) is 27.7. The summed E-state index contributed by atoms with van der Waals surface area (Å²) in [5.41, 5.74) is 0.564. The lowest BCUT2D eigenvalue weighted by Crippen LogP contribution is -2.36. The quantitative estimate of drug-likeness (QED) is 0.207. The molecule has 1 atom stereocenters. The minimum atomic E-state index is -3.70. The first-order valence-corrected chi connectivity index (χ1v) is 14.0. The van der Waals surface area contributed by atoms with Crippen molar-refractivity contribution in [2.45, 2.75) is 109 Å². The normalized spacial score (nSPS) is 12.7. The molecule has 0 aromatic heterocycles. The molecule has 1 unspecified atom stereocenters. The zero-order valence-electron chi connectivity index (χ0n) is 19.9. The van der Waals surface area contributed by atoms with E-state index in [1.54, 1.807) is 28.6 Å². The van der Waals surface area contributed by atoms with Crippen LogP contribution in [0.15, 0.2) is 30.3 Å². The third-order valence-corrected chi connectivity index (χ3v) is 7.96. The van der Waals surface area contributed by atoms with E-state index in [1.165, 1.54) is 51.4 Å². The standard InChI is InChI=1S/C26H44N2O2S/c1-3-5-7-9-11-13-18-22-28(23-19-14-12-10-8-6-4-2)31(29,30)26(24-27)25-20-16-15-17-21-25/h15-17,20-21,26H,3-14,18-19,22-23H2,1-2H3. The lowest BCUT2D eigenvalue weighted by molar-refractivity contribution is 0.381. The fourth-order valence-corrected chi connectivity index (χ4v) is 5.65. The Bertz CT molecular complexity index is 680. The molecule has 0 heterocycles. The number of hydrogen-bond donors (Lipinski definition) is 0. The van der Waals surface area contributed by atoms with Gasteiger partial charge in [0.15, 0.2) is 5.25 Å². The van der Waals surface area contributed by atoms with Gasteiger partial charge in [-0.05, 0) is 18.4 Å². The lowest BCUT2D eigenvalue weighted by atomic mass is 10.1. The van der Waals surface area contributed by atoms with E-state index in [2.05, 4.69) is 19.9 Å². The van der Waals surface area contributed by atoms with Gasteiger partial charge in [0, 0.05) is 13.1 Å². The summed E-state index contributed by atoms with van der Waals surface area (Å²) in [4.78, 5) is 0. The predicted molar refractivity (Wildman–Crippen MR) is 131 cm³/mol.